The Morgan fingerprint density at radius 1 is 0.970 bits per heavy atom. The second-order valence-corrected chi connectivity index (χ2v) is 10.2. The molecule has 0 aliphatic carbocycles. The summed E-state index contributed by atoms with van der Waals surface area (Å²) in [5.41, 5.74) is 0.920. The zero-order valence-electron chi connectivity index (χ0n) is 18.5. The van der Waals surface area contributed by atoms with Gasteiger partial charge in [0.25, 0.3) is 11.8 Å². The predicted octanol–water partition coefficient (Wildman–Crippen LogP) is 2.26. The van der Waals surface area contributed by atoms with E-state index in [0.29, 0.717) is 19.5 Å². The molecule has 1 fully saturated rings. The van der Waals surface area contributed by atoms with E-state index in [1.165, 1.54) is 29.2 Å². The summed E-state index contributed by atoms with van der Waals surface area (Å²) in [6.45, 7) is 4.52. The SMILES string of the molecule is CCC(=O)N1CCN(C(=O)[C@H](NC(=O)c2ccccc2Cl)S(=O)(=O)c2ccc(C)cc2)CC1. The minimum Gasteiger partial charge on any atom is -0.339 e. The van der Waals surface area contributed by atoms with Gasteiger partial charge in [-0.15, -0.1) is 0 Å². The molecule has 0 unspecified atom stereocenters. The molecule has 2 aromatic carbocycles. The van der Waals surface area contributed by atoms with Crippen LogP contribution in [0.15, 0.2) is 53.4 Å². The molecule has 1 atom stereocenters. The Balaban J connectivity index is 1.91. The van der Waals surface area contributed by atoms with Gasteiger partial charge in [-0.2, -0.15) is 0 Å². The Kier molecular flexibility index (Phi) is 7.76. The van der Waals surface area contributed by atoms with Crippen molar-refractivity contribution >= 4 is 39.2 Å². The second-order valence-electron chi connectivity index (χ2n) is 7.75. The first-order valence-corrected chi connectivity index (χ1v) is 12.5. The van der Waals surface area contributed by atoms with Crippen LogP contribution < -0.4 is 5.32 Å². The first-order chi connectivity index (χ1) is 15.6. The molecule has 1 N–H and O–H groups in total. The minimum absolute atomic E-state index is 0.0297. The van der Waals surface area contributed by atoms with Crippen LogP contribution in [0.5, 0.6) is 0 Å². The molecule has 0 saturated carbocycles. The number of hydrogen-bond acceptors (Lipinski definition) is 5. The van der Waals surface area contributed by atoms with Crippen LogP contribution >= 0.6 is 11.6 Å². The molecule has 3 rings (SSSR count). The highest BCUT2D eigenvalue weighted by atomic mass is 35.5. The van der Waals surface area contributed by atoms with Crippen LogP contribution in [-0.2, 0) is 19.4 Å². The van der Waals surface area contributed by atoms with Crippen molar-refractivity contribution in [1.82, 2.24) is 15.1 Å². The molecule has 0 bridgehead atoms. The molecule has 8 nitrogen and oxygen atoms in total. The van der Waals surface area contributed by atoms with Crippen molar-refractivity contribution in [3.05, 3.63) is 64.7 Å². The first kappa shape index (κ1) is 24.7. The minimum atomic E-state index is -4.26. The van der Waals surface area contributed by atoms with Gasteiger partial charge < -0.3 is 15.1 Å². The maximum absolute atomic E-state index is 13.4. The molecule has 10 heteroatoms. The van der Waals surface area contributed by atoms with E-state index in [0.717, 1.165) is 5.56 Å². The molecule has 1 heterocycles. The predicted molar refractivity (Wildman–Crippen MR) is 125 cm³/mol. The van der Waals surface area contributed by atoms with Gasteiger partial charge in [0.05, 0.1) is 15.5 Å². The number of hydrogen-bond donors (Lipinski definition) is 1. The Morgan fingerprint density at radius 2 is 1.55 bits per heavy atom. The highest BCUT2D eigenvalue weighted by Crippen LogP contribution is 2.20. The smallest absolute Gasteiger partial charge is 0.261 e. The molecular formula is C23H26ClN3O5S. The van der Waals surface area contributed by atoms with E-state index in [9.17, 15) is 22.8 Å². The topological polar surface area (TPSA) is 104 Å². The highest BCUT2D eigenvalue weighted by molar-refractivity contribution is 7.92. The maximum Gasteiger partial charge on any atom is 0.261 e. The zero-order chi connectivity index (χ0) is 24.2. The summed E-state index contributed by atoms with van der Waals surface area (Å²) in [4.78, 5) is 41.1. The fourth-order valence-electron chi connectivity index (χ4n) is 3.54. The van der Waals surface area contributed by atoms with Gasteiger partial charge in [-0.3, -0.25) is 14.4 Å². The number of carbonyl (C=O) groups excluding carboxylic acids is 3. The van der Waals surface area contributed by atoms with E-state index in [1.54, 1.807) is 36.1 Å². The van der Waals surface area contributed by atoms with Gasteiger partial charge >= 0.3 is 0 Å². The lowest BCUT2D eigenvalue weighted by molar-refractivity contribution is -0.139. The Hall–Kier alpha value is -2.91. The Bertz CT molecular complexity index is 1140. The molecular weight excluding hydrogens is 466 g/mol. The van der Waals surface area contributed by atoms with Crippen LogP contribution in [0.25, 0.3) is 0 Å². The zero-order valence-corrected chi connectivity index (χ0v) is 20.0. The Morgan fingerprint density at radius 3 is 2.12 bits per heavy atom. The van der Waals surface area contributed by atoms with Crippen molar-refractivity contribution in [2.75, 3.05) is 26.2 Å². The van der Waals surface area contributed by atoms with E-state index < -0.39 is 27.0 Å². The summed E-state index contributed by atoms with van der Waals surface area (Å²) >= 11 is 6.10. The van der Waals surface area contributed by atoms with E-state index in [2.05, 4.69) is 5.32 Å². The summed E-state index contributed by atoms with van der Waals surface area (Å²) in [6, 6.07) is 12.3. The van der Waals surface area contributed by atoms with Gasteiger partial charge in [-0.25, -0.2) is 8.42 Å². The summed E-state index contributed by atoms with van der Waals surface area (Å²) in [5, 5.41) is 0.690. The van der Waals surface area contributed by atoms with Crippen LogP contribution in [-0.4, -0.2) is 67.5 Å². The maximum atomic E-state index is 13.4. The lowest BCUT2D eigenvalue weighted by Crippen LogP contribution is -2.57. The van der Waals surface area contributed by atoms with Crippen LogP contribution in [0.4, 0.5) is 0 Å². The number of rotatable bonds is 6. The molecule has 1 saturated heterocycles. The van der Waals surface area contributed by atoms with E-state index in [4.69, 9.17) is 11.6 Å². The second kappa shape index (κ2) is 10.4. The third-order valence-corrected chi connectivity index (χ3v) is 7.71. The number of halogens is 1. The summed E-state index contributed by atoms with van der Waals surface area (Å²) in [5.74, 6) is -1.55. The lowest BCUT2D eigenvalue weighted by atomic mass is 10.2. The Labute approximate surface area is 198 Å². The molecule has 0 aromatic heterocycles. The van der Waals surface area contributed by atoms with Crippen molar-refractivity contribution in [3.8, 4) is 0 Å². The molecule has 0 spiro atoms. The van der Waals surface area contributed by atoms with Gasteiger partial charge in [0, 0.05) is 32.6 Å². The van der Waals surface area contributed by atoms with Crippen molar-refractivity contribution in [2.24, 2.45) is 0 Å². The molecule has 0 radical (unpaired) electrons. The average Bonchev–Trinajstić information content (AvgIpc) is 2.82. The third kappa shape index (κ3) is 5.54. The number of piperazine rings is 1. The van der Waals surface area contributed by atoms with Crippen LogP contribution in [0.1, 0.15) is 29.3 Å². The number of amides is 3. The van der Waals surface area contributed by atoms with Gasteiger partial charge in [0.15, 0.2) is 0 Å². The molecule has 2 aromatic rings. The van der Waals surface area contributed by atoms with Crippen LogP contribution in [0.3, 0.4) is 0 Å². The lowest BCUT2D eigenvalue weighted by Gasteiger charge is -2.36. The van der Waals surface area contributed by atoms with E-state index >= 15 is 0 Å². The number of nitrogens with one attached hydrogen (secondary N) is 1. The van der Waals surface area contributed by atoms with Crippen molar-refractivity contribution in [1.29, 1.82) is 0 Å². The van der Waals surface area contributed by atoms with Gasteiger partial charge in [-0.1, -0.05) is 48.4 Å². The highest BCUT2D eigenvalue weighted by Gasteiger charge is 2.39. The monoisotopic (exact) mass is 491 g/mol. The van der Waals surface area contributed by atoms with Crippen molar-refractivity contribution in [2.45, 2.75) is 30.5 Å². The summed E-state index contributed by atoms with van der Waals surface area (Å²) in [6.07, 6.45) is 0.353. The first-order valence-electron chi connectivity index (χ1n) is 10.6. The van der Waals surface area contributed by atoms with E-state index in [1.807, 2.05) is 6.92 Å². The quantitative estimate of drug-likeness (QED) is 0.667. The third-order valence-electron chi connectivity index (χ3n) is 5.51. The fourth-order valence-corrected chi connectivity index (χ4v) is 5.23. The normalized spacial score (nSPS) is 15.1. The molecule has 176 valence electrons. The number of sulfone groups is 1. The van der Waals surface area contributed by atoms with Gasteiger partial charge in [0.2, 0.25) is 21.1 Å². The van der Waals surface area contributed by atoms with Crippen LogP contribution in [0.2, 0.25) is 5.02 Å². The van der Waals surface area contributed by atoms with Crippen molar-refractivity contribution in [3.63, 3.8) is 0 Å². The number of carbonyl (C=O) groups is 3. The summed E-state index contributed by atoms with van der Waals surface area (Å²) in [7, 11) is -4.26. The van der Waals surface area contributed by atoms with Gasteiger partial charge in [0.1, 0.15) is 0 Å². The standard InChI is InChI=1S/C23H26ClN3O5S/c1-3-20(28)26-12-14-27(15-13-26)23(30)22(25-21(29)18-6-4-5-7-19(18)24)33(31,32)17-10-8-16(2)9-11-17/h4-11,22H,3,12-15H2,1-2H3,(H,25,29)/t22-/m1/s1. The number of aryl methyl sites for hydroxylation is 1. The molecule has 3 amide bonds. The average molecular weight is 492 g/mol. The van der Waals surface area contributed by atoms with E-state index in [-0.39, 0.29) is 34.5 Å². The van der Waals surface area contributed by atoms with Crippen molar-refractivity contribution < 1.29 is 22.8 Å². The fraction of sp³-hybridized carbons (Fsp3) is 0.348. The molecule has 1 aliphatic heterocycles. The molecule has 1 aliphatic rings. The van der Waals surface area contributed by atoms with Gasteiger partial charge in [-0.05, 0) is 31.2 Å². The summed E-state index contributed by atoms with van der Waals surface area (Å²) < 4.78 is 26.9. The largest absolute Gasteiger partial charge is 0.339 e. The van der Waals surface area contributed by atoms with Crippen LogP contribution in [0, 0.1) is 6.92 Å². The number of nitrogens with zero attached hydrogens (tertiary/aromatic N) is 2. The number of benzene rings is 2. The molecule has 33 heavy (non-hydrogen) atoms.